The molecule has 0 aromatic carbocycles. The third kappa shape index (κ3) is 2.95. The molecule has 0 saturated heterocycles. The predicted octanol–water partition coefficient (Wildman–Crippen LogP) is -0.154. The van der Waals surface area contributed by atoms with Crippen LogP contribution in [0.5, 0.6) is 0 Å². The number of rotatable bonds is 0. The van der Waals surface area contributed by atoms with E-state index in [2.05, 4.69) is 11.2 Å². The van der Waals surface area contributed by atoms with Gasteiger partial charge in [-0.05, 0) is 5.02 Å². The normalized spacial score (nSPS) is 8.70. The van der Waals surface area contributed by atoms with Crippen LogP contribution in [0.2, 0.25) is 15.2 Å². The molecule has 0 spiro atoms. The van der Waals surface area contributed by atoms with Gasteiger partial charge < -0.3 is 4.98 Å². The molecular formula is C5HCl3NNa. The Labute approximate surface area is 96.0 Å². The fourth-order valence-electron chi connectivity index (χ4n) is 0.359. The van der Waals surface area contributed by atoms with Gasteiger partial charge in [-0.15, -0.1) is 40.9 Å². The predicted molar refractivity (Wildman–Crippen MR) is 38.1 cm³/mol. The summed E-state index contributed by atoms with van der Waals surface area (Å²) in [5.74, 6) is 0. The minimum Gasteiger partial charge on any atom is -0.373 e. The van der Waals surface area contributed by atoms with Crippen LogP contribution in [0.15, 0.2) is 6.07 Å². The van der Waals surface area contributed by atoms with Gasteiger partial charge in [-0.2, -0.15) is 0 Å². The molecule has 1 nitrogen and oxygen atoms in total. The first kappa shape index (κ1) is 11.0. The first-order valence-electron chi connectivity index (χ1n) is 2.09. The molecule has 0 amide bonds. The summed E-state index contributed by atoms with van der Waals surface area (Å²) in [6, 6.07) is 1.48. The molecule has 1 aromatic heterocycles. The number of pyridine rings is 1. The second kappa shape index (κ2) is 4.81. The number of nitrogens with zero attached hydrogens (tertiary/aromatic N) is 1. The Balaban J connectivity index is 0.000000810. The second-order valence-corrected chi connectivity index (χ2v) is 2.53. The molecule has 0 saturated carbocycles. The molecule has 10 heavy (non-hydrogen) atoms. The van der Waals surface area contributed by atoms with E-state index >= 15 is 0 Å². The van der Waals surface area contributed by atoms with Gasteiger partial charge in [-0.3, -0.25) is 0 Å². The third-order valence-corrected chi connectivity index (χ3v) is 1.58. The molecule has 5 heteroatoms. The van der Waals surface area contributed by atoms with Crippen LogP contribution < -0.4 is 29.6 Å². The molecule has 0 bridgehead atoms. The molecule has 0 fully saturated rings. The van der Waals surface area contributed by atoms with Crippen molar-refractivity contribution < 1.29 is 29.6 Å². The SMILES string of the molecule is Clc1[c-]nc(Cl)c(Cl)c1.[Na+]. The molecule has 0 aliphatic heterocycles. The molecule has 0 N–H and O–H groups in total. The zero-order valence-corrected chi connectivity index (χ0v) is 9.43. The van der Waals surface area contributed by atoms with Crippen LogP contribution >= 0.6 is 34.8 Å². The topological polar surface area (TPSA) is 12.9 Å². The quantitative estimate of drug-likeness (QED) is 0.325. The van der Waals surface area contributed by atoms with Gasteiger partial charge >= 0.3 is 29.6 Å². The van der Waals surface area contributed by atoms with Crippen molar-refractivity contribution in [2.24, 2.45) is 0 Å². The van der Waals surface area contributed by atoms with Crippen molar-refractivity contribution in [3.8, 4) is 0 Å². The van der Waals surface area contributed by atoms with E-state index in [4.69, 9.17) is 34.8 Å². The molecule has 48 valence electrons. The maximum atomic E-state index is 5.52. The minimum absolute atomic E-state index is 0. The van der Waals surface area contributed by atoms with Crippen LogP contribution in [-0.4, -0.2) is 4.98 Å². The number of halogens is 3. The smallest absolute Gasteiger partial charge is 0.373 e. The first-order valence-corrected chi connectivity index (χ1v) is 3.23. The van der Waals surface area contributed by atoms with Gasteiger partial charge in [0.1, 0.15) is 0 Å². The molecule has 0 radical (unpaired) electrons. The molecule has 1 aromatic rings. The first-order chi connectivity index (χ1) is 4.20. The van der Waals surface area contributed by atoms with E-state index in [1.165, 1.54) is 6.07 Å². The molecule has 0 aliphatic rings. The third-order valence-electron chi connectivity index (χ3n) is 0.711. The summed E-state index contributed by atoms with van der Waals surface area (Å²) in [5.41, 5.74) is 0. The molecule has 1 heterocycles. The standard InChI is InChI=1S/C5HCl3N.Na/c6-3-1-4(7)5(8)9-2-3;/h1H;/q-1;+1. The number of aromatic nitrogens is 1. The average Bonchev–Trinajstić information content (AvgIpc) is 1.80. The number of hydrogen-bond donors (Lipinski definition) is 0. The summed E-state index contributed by atoms with van der Waals surface area (Å²) in [4.78, 5) is 3.55. The molecular weight excluding hydrogens is 203 g/mol. The van der Waals surface area contributed by atoms with Crippen molar-refractivity contribution in [2.45, 2.75) is 0 Å². The van der Waals surface area contributed by atoms with E-state index in [-0.39, 0.29) is 34.7 Å². The van der Waals surface area contributed by atoms with Crippen LogP contribution in [0.3, 0.4) is 0 Å². The summed E-state index contributed by atoms with van der Waals surface area (Å²) in [5, 5.41) is 0.936. The van der Waals surface area contributed by atoms with Crippen LogP contribution in [0.4, 0.5) is 0 Å². The maximum Gasteiger partial charge on any atom is 1.00 e. The zero-order chi connectivity index (χ0) is 6.85. The van der Waals surface area contributed by atoms with Gasteiger partial charge in [0.15, 0.2) is 0 Å². The van der Waals surface area contributed by atoms with E-state index < -0.39 is 0 Å². The van der Waals surface area contributed by atoms with Crippen LogP contribution in [0, 0.1) is 6.20 Å². The van der Waals surface area contributed by atoms with Crippen molar-refractivity contribution in [3.63, 3.8) is 0 Å². The fraction of sp³-hybridized carbons (Fsp3) is 0. The van der Waals surface area contributed by atoms with Crippen molar-refractivity contribution in [3.05, 3.63) is 27.5 Å². The van der Waals surface area contributed by atoms with Crippen molar-refractivity contribution in [1.29, 1.82) is 0 Å². The fourth-order valence-corrected chi connectivity index (χ4v) is 0.814. The molecule has 0 aliphatic carbocycles. The van der Waals surface area contributed by atoms with Crippen LogP contribution in [0.1, 0.15) is 0 Å². The summed E-state index contributed by atoms with van der Waals surface area (Å²) in [6.07, 6.45) is 2.44. The Morgan fingerprint density at radius 3 is 2.30 bits per heavy atom. The van der Waals surface area contributed by atoms with Crippen molar-refractivity contribution >= 4 is 34.8 Å². The van der Waals surface area contributed by atoms with Crippen molar-refractivity contribution in [1.82, 2.24) is 4.98 Å². The van der Waals surface area contributed by atoms with Gasteiger partial charge in [0.25, 0.3) is 0 Å². The second-order valence-electron chi connectivity index (χ2n) is 1.35. The summed E-state index contributed by atoms with van der Waals surface area (Å²) in [7, 11) is 0. The Bertz CT molecular complexity index is 228. The largest absolute Gasteiger partial charge is 1.00 e. The number of hydrogen-bond acceptors (Lipinski definition) is 1. The Hall–Kier alpha value is 1.02. The van der Waals surface area contributed by atoms with E-state index in [9.17, 15) is 0 Å². The monoisotopic (exact) mass is 203 g/mol. The summed E-state index contributed by atoms with van der Waals surface area (Å²) >= 11 is 16.4. The minimum atomic E-state index is 0. The van der Waals surface area contributed by atoms with Gasteiger partial charge in [0, 0.05) is 5.15 Å². The molecule has 1 rings (SSSR count). The van der Waals surface area contributed by atoms with E-state index in [1.807, 2.05) is 0 Å². The average molecular weight is 204 g/mol. The van der Waals surface area contributed by atoms with Gasteiger partial charge in [-0.25, -0.2) is 0 Å². The Morgan fingerprint density at radius 1 is 1.30 bits per heavy atom. The Morgan fingerprint density at radius 2 is 1.90 bits per heavy atom. The van der Waals surface area contributed by atoms with E-state index in [0.717, 1.165) is 0 Å². The van der Waals surface area contributed by atoms with Crippen LogP contribution in [0.25, 0.3) is 0 Å². The zero-order valence-electron chi connectivity index (χ0n) is 5.16. The van der Waals surface area contributed by atoms with Gasteiger partial charge in [0.05, 0.1) is 0 Å². The summed E-state index contributed by atoms with van der Waals surface area (Å²) < 4.78 is 0. The van der Waals surface area contributed by atoms with E-state index in [0.29, 0.717) is 10.0 Å². The maximum absolute atomic E-state index is 5.52. The molecule has 0 atom stereocenters. The van der Waals surface area contributed by atoms with Gasteiger partial charge in [-0.1, -0.05) is 11.2 Å². The van der Waals surface area contributed by atoms with Crippen LogP contribution in [-0.2, 0) is 0 Å². The van der Waals surface area contributed by atoms with Crippen molar-refractivity contribution in [2.75, 3.05) is 0 Å². The summed E-state index contributed by atoms with van der Waals surface area (Å²) in [6.45, 7) is 0. The molecule has 0 unspecified atom stereocenters. The Kier molecular flexibility index (Phi) is 5.30. The van der Waals surface area contributed by atoms with E-state index in [1.54, 1.807) is 0 Å². The van der Waals surface area contributed by atoms with Gasteiger partial charge in [0.2, 0.25) is 0 Å².